The normalized spacial score (nSPS) is 10.3. The molecular formula is C11H12ClN5O. The van der Waals surface area contributed by atoms with Gasteiger partial charge in [-0.1, -0.05) is 11.6 Å². The van der Waals surface area contributed by atoms with Gasteiger partial charge in [0.1, 0.15) is 6.33 Å². The quantitative estimate of drug-likeness (QED) is 0.904. The second-order valence-corrected chi connectivity index (χ2v) is 3.98. The van der Waals surface area contributed by atoms with E-state index >= 15 is 0 Å². The van der Waals surface area contributed by atoms with Crippen molar-refractivity contribution >= 4 is 17.5 Å². The van der Waals surface area contributed by atoms with Gasteiger partial charge in [0.15, 0.2) is 5.82 Å². The standard InChI is InChI=1S/C11H12ClN5O/c1-2-17-7-15-16-10(17)6-14-11(18)8-3-4-13-5-9(8)12/h3-5,7H,2,6H2,1H3,(H,14,18). The van der Waals surface area contributed by atoms with E-state index in [1.54, 1.807) is 12.4 Å². The molecule has 2 aromatic rings. The van der Waals surface area contributed by atoms with E-state index in [9.17, 15) is 4.79 Å². The number of hydrogen-bond acceptors (Lipinski definition) is 4. The molecule has 1 amide bonds. The fourth-order valence-electron chi connectivity index (χ4n) is 1.49. The third-order valence-electron chi connectivity index (χ3n) is 2.46. The van der Waals surface area contributed by atoms with Crippen LogP contribution in [0.15, 0.2) is 24.8 Å². The molecule has 94 valence electrons. The summed E-state index contributed by atoms with van der Waals surface area (Å²) in [5, 5.41) is 10.8. The van der Waals surface area contributed by atoms with Gasteiger partial charge in [0, 0.05) is 18.9 Å². The number of halogens is 1. The van der Waals surface area contributed by atoms with Crippen LogP contribution in [0.1, 0.15) is 23.1 Å². The minimum atomic E-state index is -0.256. The molecule has 0 spiro atoms. The Morgan fingerprint density at radius 2 is 2.39 bits per heavy atom. The molecule has 1 N–H and O–H groups in total. The summed E-state index contributed by atoms with van der Waals surface area (Å²) in [5.74, 6) is 0.448. The van der Waals surface area contributed by atoms with Crippen LogP contribution in [0.5, 0.6) is 0 Å². The van der Waals surface area contributed by atoms with Gasteiger partial charge in [-0.15, -0.1) is 10.2 Å². The molecule has 0 aliphatic rings. The van der Waals surface area contributed by atoms with Crippen LogP contribution in [-0.2, 0) is 13.1 Å². The monoisotopic (exact) mass is 265 g/mol. The minimum Gasteiger partial charge on any atom is -0.345 e. The van der Waals surface area contributed by atoms with Gasteiger partial charge < -0.3 is 9.88 Å². The summed E-state index contributed by atoms with van der Waals surface area (Å²) in [7, 11) is 0. The van der Waals surface area contributed by atoms with Crippen molar-refractivity contribution in [3.05, 3.63) is 41.2 Å². The van der Waals surface area contributed by atoms with Crippen molar-refractivity contribution in [1.82, 2.24) is 25.1 Å². The number of pyridine rings is 1. The summed E-state index contributed by atoms with van der Waals surface area (Å²) >= 11 is 5.88. The van der Waals surface area contributed by atoms with Crippen LogP contribution in [-0.4, -0.2) is 25.7 Å². The molecule has 0 saturated carbocycles. The Morgan fingerprint density at radius 1 is 1.56 bits per heavy atom. The number of aromatic nitrogens is 4. The van der Waals surface area contributed by atoms with Crippen LogP contribution in [0.25, 0.3) is 0 Å². The maximum absolute atomic E-state index is 11.9. The Balaban J connectivity index is 2.03. The van der Waals surface area contributed by atoms with Crippen molar-refractivity contribution in [3.8, 4) is 0 Å². The molecular weight excluding hydrogens is 254 g/mol. The van der Waals surface area contributed by atoms with Crippen molar-refractivity contribution in [1.29, 1.82) is 0 Å². The maximum atomic E-state index is 11.9. The van der Waals surface area contributed by atoms with E-state index in [4.69, 9.17) is 11.6 Å². The second kappa shape index (κ2) is 5.59. The molecule has 2 aromatic heterocycles. The van der Waals surface area contributed by atoms with Gasteiger partial charge in [0.25, 0.3) is 5.91 Å². The molecule has 0 aromatic carbocycles. The van der Waals surface area contributed by atoms with Crippen molar-refractivity contribution in [2.24, 2.45) is 0 Å². The fraction of sp³-hybridized carbons (Fsp3) is 0.273. The van der Waals surface area contributed by atoms with Crippen LogP contribution in [0, 0.1) is 0 Å². The summed E-state index contributed by atoms with van der Waals surface area (Å²) in [4.78, 5) is 15.7. The molecule has 2 heterocycles. The third kappa shape index (κ3) is 2.65. The predicted molar refractivity (Wildman–Crippen MR) is 66.1 cm³/mol. The number of aryl methyl sites for hydroxylation is 1. The number of carbonyl (C=O) groups excluding carboxylic acids is 1. The summed E-state index contributed by atoms with van der Waals surface area (Å²) in [5.41, 5.74) is 0.397. The minimum absolute atomic E-state index is 0.256. The molecule has 0 radical (unpaired) electrons. The van der Waals surface area contributed by atoms with Crippen molar-refractivity contribution in [3.63, 3.8) is 0 Å². The molecule has 6 nitrogen and oxygen atoms in total. The highest BCUT2D eigenvalue weighted by Gasteiger charge is 2.11. The molecule has 18 heavy (non-hydrogen) atoms. The topological polar surface area (TPSA) is 72.7 Å². The molecule has 0 saturated heterocycles. The lowest BCUT2D eigenvalue weighted by Gasteiger charge is -2.06. The number of nitrogens with one attached hydrogen (secondary N) is 1. The lowest BCUT2D eigenvalue weighted by Crippen LogP contribution is -2.25. The highest BCUT2D eigenvalue weighted by atomic mass is 35.5. The van der Waals surface area contributed by atoms with Gasteiger partial charge in [-0.2, -0.15) is 0 Å². The largest absolute Gasteiger partial charge is 0.345 e. The molecule has 0 atom stereocenters. The van der Waals surface area contributed by atoms with Gasteiger partial charge >= 0.3 is 0 Å². The number of rotatable bonds is 4. The van der Waals surface area contributed by atoms with Crippen LogP contribution in [0.2, 0.25) is 5.02 Å². The third-order valence-corrected chi connectivity index (χ3v) is 2.76. The Morgan fingerprint density at radius 3 is 3.11 bits per heavy atom. The van der Waals surface area contributed by atoms with E-state index in [0.29, 0.717) is 23.0 Å². The highest BCUT2D eigenvalue weighted by Crippen LogP contribution is 2.12. The van der Waals surface area contributed by atoms with E-state index in [1.807, 2.05) is 11.5 Å². The number of carbonyl (C=O) groups is 1. The van der Waals surface area contributed by atoms with Crippen LogP contribution < -0.4 is 5.32 Å². The van der Waals surface area contributed by atoms with E-state index in [1.165, 1.54) is 12.4 Å². The maximum Gasteiger partial charge on any atom is 0.253 e. The molecule has 0 aliphatic carbocycles. The number of hydrogen-bond donors (Lipinski definition) is 1. The van der Waals surface area contributed by atoms with Crippen LogP contribution >= 0.6 is 11.6 Å². The van der Waals surface area contributed by atoms with Crippen LogP contribution in [0.4, 0.5) is 0 Å². The van der Waals surface area contributed by atoms with Crippen LogP contribution in [0.3, 0.4) is 0 Å². The summed E-state index contributed by atoms with van der Waals surface area (Å²) in [6.07, 6.45) is 4.58. The van der Waals surface area contributed by atoms with E-state index in [2.05, 4.69) is 20.5 Å². The molecule has 7 heteroatoms. The molecule has 0 unspecified atom stereocenters. The first-order valence-corrected chi connectivity index (χ1v) is 5.84. The average molecular weight is 266 g/mol. The van der Waals surface area contributed by atoms with Crippen molar-refractivity contribution in [2.75, 3.05) is 0 Å². The Labute approximate surface area is 109 Å². The summed E-state index contributed by atoms with van der Waals surface area (Å²) in [6, 6.07) is 1.57. The molecule has 0 bridgehead atoms. The van der Waals surface area contributed by atoms with E-state index in [-0.39, 0.29) is 5.91 Å². The highest BCUT2D eigenvalue weighted by molar-refractivity contribution is 6.33. The Hall–Kier alpha value is -1.95. The molecule has 0 aliphatic heterocycles. The second-order valence-electron chi connectivity index (χ2n) is 3.57. The Bertz CT molecular complexity index is 554. The van der Waals surface area contributed by atoms with Gasteiger partial charge in [-0.05, 0) is 13.0 Å². The zero-order valence-corrected chi connectivity index (χ0v) is 10.6. The number of nitrogens with zero attached hydrogens (tertiary/aromatic N) is 4. The van der Waals surface area contributed by atoms with Crippen molar-refractivity contribution in [2.45, 2.75) is 20.0 Å². The SMILES string of the molecule is CCn1cnnc1CNC(=O)c1ccncc1Cl. The molecule has 2 rings (SSSR count). The first-order chi connectivity index (χ1) is 8.72. The summed E-state index contributed by atoms with van der Waals surface area (Å²) < 4.78 is 1.86. The zero-order chi connectivity index (χ0) is 13.0. The first kappa shape index (κ1) is 12.5. The number of amides is 1. The van der Waals surface area contributed by atoms with Gasteiger partial charge in [0.2, 0.25) is 0 Å². The van der Waals surface area contributed by atoms with Gasteiger partial charge in [-0.3, -0.25) is 9.78 Å². The lowest BCUT2D eigenvalue weighted by molar-refractivity contribution is 0.0949. The van der Waals surface area contributed by atoms with Crippen molar-refractivity contribution < 1.29 is 4.79 Å². The predicted octanol–water partition coefficient (Wildman–Crippen LogP) is 1.28. The van der Waals surface area contributed by atoms with E-state index < -0.39 is 0 Å². The van der Waals surface area contributed by atoms with Gasteiger partial charge in [0.05, 0.1) is 17.1 Å². The van der Waals surface area contributed by atoms with E-state index in [0.717, 1.165) is 6.54 Å². The van der Waals surface area contributed by atoms with Gasteiger partial charge in [-0.25, -0.2) is 0 Å². The first-order valence-electron chi connectivity index (χ1n) is 5.46. The zero-order valence-electron chi connectivity index (χ0n) is 9.80. The molecule has 0 fully saturated rings. The Kier molecular flexibility index (Phi) is 3.88. The average Bonchev–Trinajstić information content (AvgIpc) is 2.84. The smallest absolute Gasteiger partial charge is 0.253 e. The summed E-state index contributed by atoms with van der Waals surface area (Å²) in [6.45, 7) is 3.05. The fourth-order valence-corrected chi connectivity index (χ4v) is 1.70. The lowest BCUT2D eigenvalue weighted by atomic mass is 10.2.